The second-order valence-electron chi connectivity index (χ2n) is 4.71. The van der Waals surface area contributed by atoms with Gasteiger partial charge in [-0.2, -0.15) is 0 Å². The molecule has 2 atom stereocenters. The molecular weight excluding hydrogens is 198 g/mol. The molecule has 0 saturated heterocycles. The van der Waals surface area contributed by atoms with Crippen LogP contribution in [0, 0.1) is 5.92 Å². The zero-order valence-corrected chi connectivity index (χ0v) is 10.2. The van der Waals surface area contributed by atoms with Crippen molar-refractivity contribution in [3.05, 3.63) is 29.8 Å². The lowest BCUT2D eigenvalue weighted by molar-refractivity contribution is 0.175. The number of hydrogen-bond acceptors (Lipinski definition) is 2. The molecule has 1 aliphatic rings. The average molecular weight is 219 g/mol. The number of ether oxygens (including phenoxy) is 1. The van der Waals surface area contributed by atoms with Gasteiger partial charge in [-0.1, -0.05) is 25.1 Å². The third-order valence-corrected chi connectivity index (χ3v) is 3.55. The van der Waals surface area contributed by atoms with E-state index in [-0.39, 0.29) is 0 Å². The number of anilines is 1. The van der Waals surface area contributed by atoms with Crippen LogP contribution in [0.2, 0.25) is 0 Å². The number of para-hydroxylation sites is 1. The van der Waals surface area contributed by atoms with E-state index in [1.54, 1.807) is 7.11 Å². The molecule has 0 amide bonds. The predicted octanol–water partition coefficient (Wildman–Crippen LogP) is 3.09. The van der Waals surface area contributed by atoms with E-state index in [9.17, 15) is 0 Å². The molecule has 2 heteroatoms. The minimum atomic E-state index is 0.602. The van der Waals surface area contributed by atoms with Crippen LogP contribution in [0.25, 0.3) is 0 Å². The monoisotopic (exact) mass is 219 g/mol. The third kappa shape index (κ3) is 2.56. The second kappa shape index (κ2) is 5.35. The molecule has 0 bridgehead atoms. The van der Waals surface area contributed by atoms with Crippen molar-refractivity contribution in [1.82, 2.24) is 0 Å². The smallest absolute Gasteiger partial charge is 0.0465 e. The second-order valence-corrected chi connectivity index (χ2v) is 4.71. The zero-order valence-electron chi connectivity index (χ0n) is 10.2. The summed E-state index contributed by atoms with van der Waals surface area (Å²) in [5, 5.41) is 3.65. The molecule has 0 aliphatic carbocycles. The van der Waals surface area contributed by atoms with Crippen LogP contribution < -0.4 is 5.32 Å². The van der Waals surface area contributed by atoms with Gasteiger partial charge in [-0.05, 0) is 36.8 Å². The fourth-order valence-corrected chi connectivity index (χ4v) is 2.39. The Hall–Kier alpha value is -1.02. The lowest BCUT2D eigenvalue weighted by Gasteiger charge is -2.31. The Kier molecular flexibility index (Phi) is 3.83. The van der Waals surface area contributed by atoms with Crippen molar-refractivity contribution in [2.45, 2.75) is 32.2 Å². The summed E-state index contributed by atoms with van der Waals surface area (Å²) in [5.41, 5.74) is 2.78. The van der Waals surface area contributed by atoms with Gasteiger partial charge >= 0.3 is 0 Å². The largest absolute Gasteiger partial charge is 0.385 e. The van der Waals surface area contributed by atoms with E-state index in [1.807, 2.05) is 0 Å². The molecule has 2 rings (SSSR count). The highest BCUT2D eigenvalue weighted by atomic mass is 16.5. The molecule has 1 N–H and O–H groups in total. The van der Waals surface area contributed by atoms with E-state index in [0.29, 0.717) is 12.0 Å². The first-order chi connectivity index (χ1) is 7.81. The molecule has 16 heavy (non-hydrogen) atoms. The zero-order chi connectivity index (χ0) is 11.4. The highest BCUT2D eigenvalue weighted by Gasteiger charge is 2.21. The van der Waals surface area contributed by atoms with Gasteiger partial charge in [0.2, 0.25) is 0 Å². The molecule has 0 aromatic heterocycles. The normalized spacial score (nSPS) is 21.0. The molecular formula is C14H21NO. The summed E-state index contributed by atoms with van der Waals surface area (Å²) in [4.78, 5) is 0. The molecule has 1 aliphatic heterocycles. The van der Waals surface area contributed by atoms with E-state index >= 15 is 0 Å². The number of fused-ring (bicyclic) bond motifs is 1. The van der Waals surface area contributed by atoms with Gasteiger partial charge in [0.1, 0.15) is 0 Å². The Morgan fingerprint density at radius 2 is 2.25 bits per heavy atom. The number of rotatable bonds is 4. The minimum Gasteiger partial charge on any atom is -0.385 e. The van der Waals surface area contributed by atoms with Crippen molar-refractivity contribution < 1.29 is 4.74 Å². The quantitative estimate of drug-likeness (QED) is 0.840. The Morgan fingerprint density at radius 1 is 1.44 bits per heavy atom. The van der Waals surface area contributed by atoms with Gasteiger partial charge in [-0.3, -0.25) is 0 Å². The Bertz CT molecular complexity index is 337. The molecule has 1 aromatic carbocycles. The number of methoxy groups -OCH3 is 1. The van der Waals surface area contributed by atoms with Crippen LogP contribution >= 0.6 is 0 Å². The van der Waals surface area contributed by atoms with Gasteiger partial charge in [0, 0.05) is 25.4 Å². The van der Waals surface area contributed by atoms with E-state index in [4.69, 9.17) is 4.74 Å². The number of hydrogen-bond donors (Lipinski definition) is 1. The molecule has 2 nitrogen and oxygen atoms in total. The van der Waals surface area contributed by atoms with Gasteiger partial charge in [0.05, 0.1) is 0 Å². The Morgan fingerprint density at radius 3 is 3.06 bits per heavy atom. The number of nitrogens with one attached hydrogen (secondary N) is 1. The van der Waals surface area contributed by atoms with Gasteiger partial charge in [-0.25, -0.2) is 0 Å². The molecule has 2 unspecified atom stereocenters. The number of aryl methyl sites for hydroxylation is 1. The standard InChI is InChI=1S/C14H21NO/c1-11(9-10-16-2)13-8-7-12-5-3-4-6-14(12)15-13/h3-6,11,13,15H,7-10H2,1-2H3. The molecule has 88 valence electrons. The molecule has 1 heterocycles. The highest BCUT2D eigenvalue weighted by Crippen LogP contribution is 2.28. The SMILES string of the molecule is COCCC(C)C1CCc2ccccc2N1. The summed E-state index contributed by atoms with van der Waals surface area (Å²) in [6.45, 7) is 3.17. The molecule has 0 spiro atoms. The number of benzene rings is 1. The van der Waals surface area contributed by atoms with Gasteiger partial charge in [0.15, 0.2) is 0 Å². The fraction of sp³-hybridized carbons (Fsp3) is 0.571. The summed E-state index contributed by atoms with van der Waals surface area (Å²) >= 11 is 0. The van der Waals surface area contributed by atoms with Crippen molar-refractivity contribution in [2.24, 2.45) is 5.92 Å². The molecule has 0 radical (unpaired) electrons. The van der Waals surface area contributed by atoms with Crippen molar-refractivity contribution in [3.63, 3.8) is 0 Å². The minimum absolute atomic E-state index is 0.602. The first-order valence-corrected chi connectivity index (χ1v) is 6.14. The molecule has 0 saturated carbocycles. The fourth-order valence-electron chi connectivity index (χ4n) is 2.39. The van der Waals surface area contributed by atoms with Crippen molar-refractivity contribution in [1.29, 1.82) is 0 Å². The van der Waals surface area contributed by atoms with E-state index in [0.717, 1.165) is 13.0 Å². The Balaban J connectivity index is 1.97. The first-order valence-electron chi connectivity index (χ1n) is 6.14. The van der Waals surface area contributed by atoms with Gasteiger partial charge in [0.25, 0.3) is 0 Å². The maximum Gasteiger partial charge on any atom is 0.0465 e. The maximum absolute atomic E-state index is 5.14. The van der Waals surface area contributed by atoms with Crippen LogP contribution in [-0.4, -0.2) is 19.8 Å². The topological polar surface area (TPSA) is 21.3 Å². The van der Waals surface area contributed by atoms with Crippen LogP contribution in [0.4, 0.5) is 5.69 Å². The summed E-state index contributed by atoms with van der Waals surface area (Å²) in [6, 6.07) is 9.23. The summed E-state index contributed by atoms with van der Waals surface area (Å²) < 4.78 is 5.14. The molecule has 1 aromatic rings. The van der Waals surface area contributed by atoms with Crippen LogP contribution in [0.1, 0.15) is 25.3 Å². The van der Waals surface area contributed by atoms with Gasteiger partial charge in [-0.15, -0.1) is 0 Å². The van der Waals surface area contributed by atoms with Crippen molar-refractivity contribution in [3.8, 4) is 0 Å². The van der Waals surface area contributed by atoms with Crippen molar-refractivity contribution >= 4 is 5.69 Å². The maximum atomic E-state index is 5.14. The Labute approximate surface area is 98.0 Å². The highest BCUT2D eigenvalue weighted by molar-refractivity contribution is 5.53. The summed E-state index contributed by atoms with van der Waals surface area (Å²) in [7, 11) is 1.77. The predicted molar refractivity (Wildman–Crippen MR) is 67.8 cm³/mol. The summed E-state index contributed by atoms with van der Waals surface area (Å²) in [6.07, 6.45) is 3.57. The van der Waals surface area contributed by atoms with Crippen LogP contribution in [-0.2, 0) is 11.2 Å². The summed E-state index contributed by atoms with van der Waals surface area (Å²) in [5.74, 6) is 0.674. The van der Waals surface area contributed by atoms with E-state index < -0.39 is 0 Å². The molecule has 0 fully saturated rings. The van der Waals surface area contributed by atoms with Crippen molar-refractivity contribution in [2.75, 3.05) is 19.0 Å². The van der Waals surface area contributed by atoms with Crippen LogP contribution in [0.3, 0.4) is 0 Å². The lowest BCUT2D eigenvalue weighted by Crippen LogP contribution is -2.32. The van der Waals surface area contributed by atoms with Crippen LogP contribution in [0.5, 0.6) is 0 Å². The van der Waals surface area contributed by atoms with Crippen LogP contribution in [0.15, 0.2) is 24.3 Å². The average Bonchev–Trinajstić information content (AvgIpc) is 2.35. The lowest BCUT2D eigenvalue weighted by atomic mass is 9.89. The third-order valence-electron chi connectivity index (χ3n) is 3.55. The van der Waals surface area contributed by atoms with E-state index in [1.165, 1.54) is 24.1 Å². The van der Waals surface area contributed by atoms with E-state index in [2.05, 4.69) is 36.5 Å². The van der Waals surface area contributed by atoms with Gasteiger partial charge < -0.3 is 10.1 Å². The first kappa shape index (κ1) is 11.5.